The Morgan fingerprint density at radius 2 is 2.04 bits per heavy atom. The van der Waals surface area contributed by atoms with Crippen LogP contribution in [0.25, 0.3) is 0 Å². The Bertz CT molecular complexity index is 664. The average molecular weight is 358 g/mol. The SMILES string of the molecule is CCNC(=O)[C@@H](C)NC(=O)COC(=O)c1ccc(Cl)cc1[N+](=O)[O-]. The molecular formula is C14H16ClN3O6. The van der Waals surface area contributed by atoms with Gasteiger partial charge in [-0.05, 0) is 26.0 Å². The second kappa shape index (κ2) is 8.82. The number of amides is 2. The zero-order chi connectivity index (χ0) is 18.3. The number of hydrogen-bond donors (Lipinski definition) is 2. The van der Waals surface area contributed by atoms with Crippen molar-refractivity contribution >= 4 is 35.1 Å². The van der Waals surface area contributed by atoms with E-state index in [-0.39, 0.29) is 16.5 Å². The van der Waals surface area contributed by atoms with Crippen molar-refractivity contribution in [1.82, 2.24) is 10.6 Å². The van der Waals surface area contributed by atoms with E-state index >= 15 is 0 Å². The molecule has 2 N–H and O–H groups in total. The number of nitro groups is 1. The van der Waals surface area contributed by atoms with Crippen LogP contribution in [0.4, 0.5) is 5.69 Å². The number of ether oxygens (including phenoxy) is 1. The Labute approximate surface area is 142 Å². The Morgan fingerprint density at radius 1 is 1.38 bits per heavy atom. The zero-order valence-corrected chi connectivity index (χ0v) is 13.8. The first-order valence-electron chi connectivity index (χ1n) is 6.94. The van der Waals surface area contributed by atoms with Crippen LogP contribution in [0.3, 0.4) is 0 Å². The summed E-state index contributed by atoms with van der Waals surface area (Å²) in [5, 5.41) is 15.9. The van der Waals surface area contributed by atoms with Crippen LogP contribution in [0.1, 0.15) is 24.2 Å². The first-order valence-corrected chi connectivity index (χ1v) is 7.32. The van der Waals surface area contributed by atoms with Gasteiger partial charge in [-0.2, -0.15) is 0 Å². The van der Waals surface area contributed by atoms with Crippen LogP contribution in [-0.4, -0.2) is 41.9 Å². The standard InChI is InChI=1S/C14H16ClN3O6/c1-3-16-13(20)8(2)17-12(19)7-24-14(21)10-5-4-9(15)6-11(10)18(22)23/h4-6,8H,3,7H2,1-2H3,(H,16,20)(H,17,19)/t8-/m1/s1. The van der Waals surface area contributed by atoms with E-state index in [4.69, 9.17) is 16.3 Å². The van der Waals surface area contributed by atoms with Crippen molar-refractivity contribution in [2.24, 2.45) is 0 Å². The van der Waals surface area contributed by atoms with Gasteiger partial charge in [0, 0.05) is 17.6 Å². The third-order valence-electron chi connectivity index (χ3n) is 2.83. The van der Waals surface area contributed by atoms with E-state index in [2.05, 4.69) is 10.6 Å². The lowest BCUT2D eigenvalue weighted by molar-refractivity contribution is -0.385. The molecule has 2 amide bonds. The molecule has 130 valence electrons. The first kappa shape index (κ1) is 19.4. The van der Waals surface area contributed by atoms with E-state index in [1.807, 2.05) is 0 Å². The summed E-state index contributed by atoms with van der Waals surface area (Å²) in [7, 11) is 0. The zero-order valence-electron chi connectivity index (χ0n) is 13.0. The number of esters is 1. The minimum absolute atomic E-state index is 0.0896. The van der Waals surface area contributed by atoms with Gasteiger partial charge in [0.1, 0.15) is 11.6 Å². The fraction of sp³-hybridized carbons (Fsp3) is 0.357. The Kier molecular flexibility index (Phi) is 7.12. The molecular weight excluding hydrogens is 342 g/mol. The molecule has 0 fully saturated rings. The molecule has 1 aromatic rings. The number of nitro benzene ring substituents is 1. The minimum Gasteiger partial charge on any atom is -0.452 e. The van der Waals surface area contributed by atoms with Crippen LogP contribution >= 0.6 is 11.6 Å². The van der Waals surface area contributed by atoms with E-state index in [0.29, 0.717) is 6.54 Å². The maximum Gasteiger partial charge on any atom is 0.345 e. The number of rotatable bonds is 7. The van der Waals surface area contributed by atoms with E-state index in [1.165, 1.54) is 13.0 Å². The quantitative estimate of drug-likeness (QED) is 0.426. The Morgan fingerprint density at radius 3 is 2.62 bits per heavy atom. The third-order valence-corrected chi connectivity index (χ3v) is 3.07. The molecule has 1 atom stereocenters. The summed E-state index contributed by atoms with van der Waals surface area (Å²) in [6, 6.07) is 2.64. The highest BCUT2D eigenvalue weighted by Crippen LogP contribution is 2.23. The fourth-order valence-electron chi connectivity index (χ4n) is 1.71. The fourth-order valence-corrected chi connectivity index (χ4v) is 1.88. The van der Waals surface area contributed by atoms with Gasteiger partial charge in [0.2, 0.25) is 5.91 Å². The molecule has 0 radical (unpaired) electrons. The van der Waals surface area contributed by atoms with Crippen molar-refractivity contribution in [3.05, 3.63) is 38.9 Å². The second-order valence-corrected chi connectivity index (χ2v) is 5.11. The molecule has 24 heavy (non-hydrogen) atoms. The van der Waals surface area contributed by atoms with Gasteiger partial charge in [-0.25, -0.2) is 4.79 Å². The van der Waals surface area contributed by atoms with Crippen molar-refractivity contribution in [2.75, 3.05) is 13.2 Å². The summed E-state index contributed by atoms with van der Waals surface area (Å²) in [4.78, 5) is 45.1. The van der Waals surface area contributed by atoms with Crippen molar-refractivity contribution in [1.29, 1.82) is 0 Å². The molecule has 1 aromatic carbocycles. The molecule has 0 saturated heterocycles. The smallest absolute Gasteiger partial charge is 0.345 e. The van der Waals surface area contributed by atoms with Gasteiger partial charge >= 0.3 is 5.97 Å². The molecule has 0 aliphatic carbocycles. The highest BCUT2D eigenvalue weighted by atomic mass is 35.5. The van der Waals surface area contributed by atoms with Gasteiger partial charge in [-0.1, -0.05) is 11.6 Å². The summed E-state index contributed by atoms with van der Waals surface area (Å²) < 4.78 is 4.73. The Balaban J connectivity index is 2.65. The molecule has 1 rings (SSSR count). The number of benzene rings is 1. The number of halogens is 1. The topological polar surface area (TPSA) is 128 Å². The van der Waals surface area contributed by atoms with Crippen LogP contribution in [0.2, 0.25) is 5.02 Å². The lowest BCUT2D eigenvalue weighted by Gasteiger charge is -2.13. The molecule has 0 aromatic heterocycles. The van der Waals surface area contributed by atoms with E-state index in [0.717, 1.165) is 12.1 Å². The van der Waals surface area contributed by atoms with Crippen LogP contribution in [0, 0.1) is 10.1 Å². The average Bonchev–Trinajstić information content (AvgIpc) is 2.52. The normalized spacial score (nSPS) is 11.3. The molecule has 0 spiro atoms. The molecule has 0 unspecified atom stereocenters. The van der Waals surface area contributed by atoms with E-state index in [1.54, 1.807) is 6.92 Å². The predicted molar refractivity (Wildman–Crippen MR) is 84.7 cm³/mol. The van der Waals surface area contributed by atoms with Gasteiger partial charge in [-0.15, -0.1) is 0 Å². The number of carbonyl (C=O) groups excluding carboxylic acids is 3. The highest BCUT2D eigenvalue weighted by Gasteiger charge is 2.23. The third kappa shape index (κ3) is 5.51. The van der Waals surface area contributed by atoms with Crippen LogP contribution < -0.4 is 10.6 Å². The molecule has 0 saturated carbocycles. The predicted octanol–water partition coefficient (Wildman–Crippen LogP) is 1.05. The monoisotopic (exact) mass is 357 g/mol. The summed E-state index contributed by atoms with van der Waals surface area (Å²) in [5.41, 5.74) is -0.849. The maximum absolute atomic E-state index is 11.9. The molecule has 10 heteroatoms. The number of hydrogen-bond acceptors (Lipinski definition) is 6. The molecule has 0 aliphatic heterocycles. The van der Waals surface area contributed by atoms with Gasteiger partial charge in [0.25, 0.3) is 11.6 Å². The summed E-state index contributed by atoms with van der Waals surface area (Å²) >= 11 is 5.65. The van der Waals surface area contributed by atoms with Gasteiger partial charge in [-0.3, -0.25) is 19.7 Å². The lowest BCUT2D eigenvalue weighted by atomic mass is 10.2. The molecule has 9 nitrogen and oxygen atoms in total. The van der Waals surface area contributed by atoms with Crippen LogP contribution in [0.5, 0.6) is 0 Å². The summed E-state index contributed by atoms with van der Waals surface area (Å²) in [6.07, 6.45) is 0. The number of nitrogens with zero attached hydrogens (tertiary/aromatic N) is 1. The minimum atomic E-state index is -1.04. The van der Waals surface area contributed by atoms with Gasteiger partial charge < -0.3 is 15.4 Å². The van der Waals surface area contributed by atoms with Crippen LogP contribution in [-0.2, 0) is 14.3 Å². The van der Waals surface area contributed by atoms with Gasteiger partial charge in [0.15, 0.2) is 6.61 Å². The largest absolute Gasteiger partial charge is 0.452 e. The second-order valence-electron chi connectivity index (χ2n) is 4.68. The Hall–Kier alpha value is -2.68. The number of likely N-dealkylation sites (N-methyl/N-ethyl adjacent to an activating group) is 1. The number of nitrogens with one attached hydrogen (secondary N) is 2. The van der Waals surface area contributed by atoms with Crippen molar-refractivity contribution < 1.29 is 24.0 Å². The van der Waals surface area contributed by atoms with Crippen molar-refractivity contribution in [2.45, 2.75) is 19.9 Å². The lowest BCUT2D eigenvalue weighted by Crippen LogP contribution is -2.46. The van der Waals surface area contributed by atoms with Crippen molar-refractivity contribution in [3.8, 4) is 0 Å². The van der Waals surface area contributed by atoms with Gasteiger partial charge in [0.05, 0.1) is 4.92 Å². The van der Waals surface area contributed by atoms with Crippen molar-refractivity contribution in [3.63, 3.8) is 0 Å². The number of carbonyl (C=O) groups is 3. The van der Waals surface area contributed by atoms with E-state index < -0.39 is 35.1 Å². The molecule has 0 aliphatic rings. The van der Waals surface area contributed by atoms with E-state index in [9.17, 15) is 24.5 Å². The maximum atomic E-state index is 11.9. The summed E-state index contributed by atoms with van der Waals surface area (Å²) in [6.45, 7) is 2.93. The first-order chi connectivity index (χ1) is 11.3. The highest BCUT2D eigenvalue weighted by molar-refractivity contribution is 6.31. The molecule has 0 heterocycles. The molecule has 0 bridgehead atoms. The summed E-state index contributed by atoms with van der Waals surface area (Å²) in [5.74, 6) is -2.14. The van der Waals surface area contributed by atoms with Crippen LogP contribution in [0.15, 0.2) is 18.2 Å².